The number of amides is 1. The van der Waals surface area contributed by atoms with Gasteiger partial charge in [-0.25, -0.2) is 0 Å². The van der Waals surface area contributed by atoms with Crippen LogP contribution in [0.3, 0.4) is 0 Å². The number of rotatable bonds is 6. The highest BCUT2D eigenvalue weighted by Crippen LogP contribution is 2.37. The van der Waals surface area contributed by atoms with E-state index in [-0.39, 0.29) is 22.8 Å². The molecule has 0 spiro atoms. The number of nitrogens with one attached hydrogen (secondary N) is 1. The summed E-state index contributed by atoms with van der Waals surface area (Å²) < 4.78 is 33.5. The second kappa shape index (κ2) is 9.24. The Hall–Kier alpha value is -3.96. The van der Waals surface area contributed by atoms with Crippen LogP contribution in [0.2, 0.25) is 0 Å². The van der Waals surface area contributed by atoms with Gasteiger partial charge in [0.15, 0.2) is 0 Å². The molecule has 0 aliphatic heterocycles. The lowest BCUT2D eigenvalue weighted by atomic mass is 10.2. The van der Waals surface area contributed by atoms with E-state index in [9.17, 15) is 22.9 Å². The summed E-state index contributed by atoms with van der Waals surface area (Å²) >= 11 is 0. The highest BCUT2D eigenvalue weighted by atomic mass is 32.2. The Morgan fingerprint density at radius 2 is 1.42 bits per heavy atom. The molecule has 0 aromatic heterocycles. The molecule has 0 heterocycles. The Labute approximate surface area is 177 Å². The minimum atomic E-state index is -4.70. The van der Waals surface area contributed by atoms with Crippen molar-refractivity contribution in [2.75, 3.05) is 5.32 Å². The number of hydrogen-bond acceptors (Lipinski definition) is 8. The van der Waals surface area contributed by atoms with Crippen molar-refractivity contribution in [3.8, 4) is 5.75 Å². The maximum atomic E-state index is 11.9. The van der Waals surface area contributed by atoms with Crippen LogP contribution in [0.5, 0.6) is 5.75 Å². The number of azo groups is 2. The van der Waals surface area contributed by atoms with Gasteiger partial charge < -0.3 is 10.4 Å². The second-order valence-electron chi connectivity index (χ2n) is 6.25. The van der Waals surface area contributed by atoms with Crippen molar-refractivity contribution in [2.24, 2.45) is 20.5 Å². The number of carbonyl (C=O) groups is 1. The summed E-state index contributed by atoms with van der Waals surface area (Å²) in [7, 11) is -4.70. The molecule has 31 heavy (non-hydrogen) atoms. The molecular weight excluding hydrogens is 422 g/mol. The molecule has 0 unspecified atom stereocenters. The van der Waals surface area contributed by atoms with Crippen molar-refractivity contribution < 1.29 is 22.9 Å². The van der Waals surface area contributed by atoms with E-state index in [1.165, 1.54) is 37.3 Å². The van der Waals surface area contributed by atoms with Gasteiger partial charge >= 0.3 is 0 Å². The van der Waals surface area contributed by atoms with Crippen molar-refractivity contribution >= 4 is 44.5 Å². The third-order valence-electron chi connectivity index (χ3n) is 3.82. The van der Waals surface area contributed by atoms with Gasteiger partial charge in [0.25, 0.3) is 10.1 Å². The summed E-state index contributed by atoms with van der Waals surface area (Å²) in [6, 6.07) is 16.6. The highest BCUT2D eigenvalue weighted by molar-refractivity contribution is 7.86. The van der Waals surface area contributed by atoms with Gasteiger partial charge in [-0.15, -0.1) is 10.2 Å². The standard InChI is InChI=1S/C20H17N5O5S/c1-13(26)21-17-11-19(25-23-15-7-9-16(27)10-8-15)20(31(28,29)30)12-18(17)24-22-14-5-3-2-4-6-14/h2-12,27H,1H3,(H,21,26)(H,28,29,30). The first-order valence-corrected chi connectivity index (χ1v) is 10.3. The summed E-state index contributed by atoms with van der Waals surface area (Å²) in [5, 5.41) is 27.7. The molecule has 0 saturated heterocycles. The van der Waals surface area contributed by atoms with Crippen LogP contribution in [-0.2, 0) is 14.9 Å². The molecule has 10 nitrogen and oxygen atoms in total. The number of nitrogens with zero attached hydrogens (tertiary/aromatic N) is 4. The Morgan fingerprint density at radius 1 is 0.839 bits per heavy atom. The number of phenolic OH excluding ortho intramolecular Hbond substituents is 1. The first-order valence-electron chi connectivity index (χ1n) is 8.83. The van der Waals surface area contributed by atoms with Gasteiger partial charge in [-0.1, -0.05) is 18.2 Å². The van der Waals surface area contributed by atoms with Crippen molar-refractivity contribution in [2.45, 2.75) is 11.8 Å². The normalized spacial score (nSPS) is 11.8. The van der Waals surface area contributed by atoms with E-state index < -0.39 is 20.9 Å². The maximum absolute atomic E-state index is 11.9. The quantitative estimate of drug-likeness (QED) is 0.345. The maximum Gasteiger partial charge on any atom is 0.296 e. The van der Waals surface area contributed by atoms with E-state index in [0.717, 1.165) is 6.07 Å². The fourth-order valence-electron chi connectivity index (χ4n) is 2.45. The number of benzene rings is 3. The van der Waals surface area contributed by atoms with Crippen LogP contribution >= 0.6 is 0 Å². The lowest BCUT2D eigenvalue weighted by Gasteiger charge is -2.10. The minimum absolute atomic E-state index is 0.00439. The summed E-state index contributed by atoms with van der Waals surface area (Å²) in [5.74, 6) is -0.407. The molecule has 0 fully saturated rings. The Bertz CT molecular complexity index is 1260. The summed E-state index contributed by atoms with van der Waals surface area (Å²) in [6.07, 6.45) is 0. The average molecular weight is 439 g/mol. The smallest absolute Gasteiger partial charge is 0.296 e. The monoisotopic (exact) mass is 439 g/mol. The van der Waals surface area contributed by atoms with Crippen LogP contribution in [0, 0.1) is 0 Å². The molecule has 0 bridgehead atoms. The largest absolute Gasteiger partial charge is 0.508 e. The van der Waals surface area contributed by atoms with E-state index in [2.05, 4.69) is 25.8 Å². The Kier molecular flexibility index (Phi) is 6.48. The lowest BCUT2D eigenvalue weighted by molar-refractivity contribution is -0.114. The van der Waals surface area contributed by atoms with Gasteiger partial charge in [0, 0.05) is 6.92 Å². The number of carbonyl (C=O) groups excluding carboxylic acids is 1. The van der Waals surface area contributed by atoms with Crippen LogP contribution < -0.4 is 5.32 Å². The van der Waals surface area contributed by atoms with Crippen molar-refractivity contribution in [3.63, 3.8) is 0 Å². The third-order valence-corrected chi connectivity index (χ3v) is 4.70. The van der Waals surface area contributed by atoms with Gasteiger partial charge in [0.05, 0.1) is 17.1 Å². The average Bonchev–Trinajstić information content (AvgIpc) is 2.72. The van der Waals surface area contributed by atoms with E-state index in [1.54, 1.807) is 30.3 Å². The summed E-state index contributed by atoms with van der Waals surface area (Å²) in [5.41, 5.74) is 0.723. The topological polar surface area (TPSA) is 153 Å². The van der Waals surface area contributed by atoms with Gasteiger partial charge in [-0.05, 0) is 48.5 Å². The van der Waals surface area contributed by atoms with Gasteiger partial charge in [-0.3, -0.25) is 9.35 Å². The van der Waals surface area contributed by atoms with Crippen molar-refractivity contribution in [3.05, 3.63) is 66.7 Å². The summed E-state index contributed by atoms with van der Waals surface area (Å²) in [6.45, 7) is 1.27. The molecule has 3 rings (SSSR count). The molecule has 11 heteroatoms. The third kappa shape index (κ3) is 6.01. The molecule has 0 saturated carbocycles. The zero-order valence-corrected chi connectivity index (χ0v) is 17.0. The van der Waals surface area contributed by atoms with Gasteiger partial charge in [0.2, 0.25) is 5.91 Å². The van der Waals surface area contributed by atoms with Crippen molar-refractivity contribution in [1.82, 2.24) is 0 Å². The number of phenols is 1. The highest BCUT2D eigenvalue weighted by Gasteiger charge is 2.20. The van der Waals surface area contributed by atoms with E-state index in [1.807, 2.05) is 0 Å². The Morgan fingerprint density at radius 3 is 2.00 bits per heavy atom. The number of aromatic hydroxyl groups is 1. The molecule has 0 aliphatic carbocycles. The zero-order chi connectivity index (χ0) is 22.4. The molecule has 0 radical (unpaired) electrons. The van der Waals surface area contributed by atoms with E-state index in [4.69, 9.17) is 0 Å². The van der Waals surface area contributed by atoms with Crippen LogP contribution in [-0.4, -0.2) is 24.0 Å². The molecule has 3 aromatic carbocycles. The van der Waals surface area contributed by atoms with Crippen LogP contribution in [0.1, 0.15) is 6.92 Å². The fraction of sp³-hybridized carbons (Fsp3) is 0.0500. The molecular formula is C20H17N5O5S. The second-order valence-corrected chi connectivity index (χ2v) is 7.64. The van der Waals surface area contributed by atoms with Gasteiger partial charge in [0.1, 0.15) is 22.0 Å². The molecule has 3 N–H and O–H groups in total. The molecule has 0 atom stereocenters. The van der Waals surface area contributed by atoms with Crippen LogP contribution in [0.15, 0.2) is 92.1 Å². The predicted octanol–water partition coefficient (Wildman–Crippen LogP) is 5.43. The molecule has 1 amide bonds. The lowest BCUT2D eigenvalue weighted by Crippen LogP contribution is -2.07. The van der Waals surface area contributed by atoms with E-state index in [0.29, 0.717) is 11.4 Å². The van der Waals surface area contributed by atoms with Crippen molar-refractivity contribution in [1.29, 1.82) is 0 Å². The molecule has 3 aromatic rings. The Balaban J connectivity index is 2.10. The van der Waals surface area contributed by atoms with Gasteiger partial charge in [-0.2, -0.15) is 18.6 Å². The molecule has 0 aliphatic rings. The zero-order valence-electron chi connectivity index (χ0n) is 16.2. The number of hydrogen-bond donors (Lipinski definition) is 3. The predicted molar refractivity (Wildman–Crippen MR) is 113 cm³/mol. The van der Waals surface area contributed by atoms with Crippen LogP contribution in [0.25, 0.3) is 0 Å². The SMILES string of the molecule is CC(=O)Nc1cc(N=Nc2ccc(O)cc2)c(S(=O)(=O)O)cc1N=Nc1ccccc1. The molecule has 158 valence electrons. The first-order chi connectivity index (χ1) is 14.7. The minimum Gasteiger partial charge on any atom is -0.508 e. The van der Waals surface area contributed by atoms with Crippen LogP contribution in [0.4, 0.5) is 28.4 Å². The summed E-state index contributed by atoms with van der Waals surface area (Å²) in [4.78, 5) is 11.1. The van der Waals surface area contributed by atoms with E-state index >= 15 is 0 Å². The fourth-order valence-corrected chi connectivity index (χ4v) is 3.08. The first kappa shape index (κ1) is 21.7. The number of anilines is 1.